The average Bonchev–Trinajstić information content (AvgIpc) is 2.39. The smallest absolute Gasteiger partial charge is 0.406 e. The number of aliphatic carboxylic acids is 1. The lowest BCUT2D eigenvalue weighted by Gasteiger charge is -2.22. The Balaban J connectivity index is 2.80. The molecular formula is C13H20NO5P. The van der Waals surface area contributed by atoms with E-state index in [2.05, 4.69) is 5.09 Å². The van der Waals surface area contributed by atoms with Crippen LogP contribution in [0.4, 0.5) is 0 Å². The molecule has 0 fully saturated rings. The molecule has 0 saturated carbocycles. The predicted octanol–water partition coefficient (Wildman–Crippen LogP) is 2.45. The van der Waals surface area contributed by atoms with Crippen molar-refractivity contribution in [2.45, 2.75) is 26.3 Å². The standard InChI is InChI=1S/C13H20NO5P/c1-3-18-20(17,19-4-2)14-12(13(15)16)10-11-8-6-5-7-9-11/h5-9,12H,3-4,10H2,1-2H3,(H,14,17)(H,15,16). The minimum absolute atomic E-state index is 0.169. The number of carboxylic acids is 1. The molecule has 0 heterocycles. The third-order valence-electron chi connectivity index (χ3n) is 2.49. The number of rotatable bonds is 9. The highest BCUT2D eigenvalue weighted by atomic mass is 31.2. The van der Waals surface area contributed by atoms with E-state index in [0.717, 1.165) is 5.56 Å². The molecular weight excluding hydrogens is 281 g/mol. The molecule has 0 radical (unpaired) electrons. The van der Waals surface area contributed by atoms with Gasteiger partial charge in [0.1, 0.15) is 6.04 Å². The molecule has 1 rings (SSSR count). The molecule has 0 saturated heterocycles. The molecule has 1 unspecified atom stereocenters. The van der Waals surface area contributed by atoms with Crippen LogP contribution in [0.1, 0.15) is 19.4 Å². The second-order valence-electron chi connectivity index (χ2n) is 4.04. The Hall–Kier alpha value is -1.20. The maximum atomic E-state index is 12.3. The van der Waals surface area contributed by atoms with E-state index < -0.39 is 19.8 Å². The molecule has 0 aliphatic heterocycles. The topological polar surface area (TPSA) is 84.9 Å². The Morgan fingerprint density at radius 2 is 1.80 bits per heavy atom. The summed E-state index contributed by atoms with van der Waals surface area (Å²) in [6.45, 7) is 3.67. The first-order valence-electron chi connectivity index (χ1n) is 6.44. The van der Waals surface area contributed by atoms with E-state index in [-0.39, 0.29) is 19.6 Å². The first kappa shape index (κ1) is 16.9. The molecule has 0 amide bonds. The van der Waals surface area contributed by atoms with Gasteiger partial charge in [-0.25, -0.2) is 9.65 Å². The lowest BCUT2D eigenvalue weighted by molar-refractivity contribution is -0.139. The monoisotopic (exact) mass is 301 g/mol. The molecule has 0 aromatic heterocycles. The van der Waals surface area contributed by atoms with Crippen LogP contribution in [0.25, 0.3) is 0 Å². The zero-order chi connectivity index (χ0) is 15.0. The van der Waals surface area contributed by atoms with E-state index in [4.69, 9.17) is 9.05 Å². The minimum atomic E-state index is -3.60. The molecule has 1 atom stereocenters. The van der Waals surface area contributed by atoms with Crippen LogP contribution in [0.5, 0.6) is 0 Å². The molecule has 0 spiro atoms. The van der Waals surface area contributed by atoms with Gasteiger partial charge >= 0.3 is 13.7 Å². The number of benzene rings is 1. The average molecular weight is 301 g/mol. The molecule has 2 N–H and O–H groups in total. The van der Waals surface area contributed by atoms with Crippen molar-refractivity contribution < 1.29 is 23.5 Å². The summed E-state index contributed by atoms with van der Waals surface area (Å²) in [5, 5.41) is 11.7. The van der Waals surface area contributed by atoms with Gasteiger partial charge < -0.3 is 5.11 Å². The highest BCUT2D eigenvalue weighted by molar-refractivity contribution is 7.51. The zero-order valence-corrected chi connectivity index (χ0v) is 12.5. The van der Waals surface area contributed by atoms with E-state index in [1.165, 1.54) is 0 Å². The second kappa shape index (κ2) is 8.17. The summed E-state index contributed by atoms with van der Waals surface area (Å²) in [5.41, 5.74) is 0.826. The number of nitrogens with one attached hydrogen (secondary N) is 1. The molecule has 0 bridgehead atoms. The molecule has 1 aromatic rings. The van der Waals surface area contributed by atoms with Gasteiger partial charge in [-0.05, 0) is 25.8 Å². The second-order valence-corrected chi connectivity index (χ2v) is 5.81. The Labute approximate surface area is 118 Å². The fraction of sp³-hybridized carbons (Fsp3) is 0.462. The van der Waals surface area contributed by atoms with Gasteiger partial charge in [-0.1, -0.05) is 30.3 Å². The lowest BCUT2D eigenvalue weighted by atomic mass is 10.1. The Morgan fingerprint density at radius 3 is 2.25 bits per heavy atom. The van der Waals surface area contributed by atoms with E-state index >= 15 is 0 Å². The summed E-state index contributed by atoms with van der Waals surface area (Å²) in [7, 11) is -3.60. The van der Waals surface area contributed by atoms with Crippen molar-refractivity contribution in [2.24, 2.45) is 0 Å². The predicted molar refractivity (Wildman–Crippen MR) is 75.6 cm³/mol. The van der Waals surface area contributed by atoms with Crippen molar-refractivity contribution in [1.29, 1.82) is 0 Å². The molecule has 112 valence electrons. The van der Waals surface area contributed by atoms with Gasteiger partial charge in [0, 0.05) is 0 Å². The molecule has 0 aliphatic rings. The van der Waals surface area contributed by atoms with Crippen LogP contribution in [0.15, 0.2) is 30.3 Å². The summed E-state index contributed by atoms with van der Waals surface area (Å²) in [5.74, 6) is -1.10. The molecule has 7 heteroatoms. The highest BCUT2D eigenvalue weighted by Crippen LogP contribution is 2.44. The fourth-order valence-corrected chi connectivity index (χ4v) is 3.17. The largest absolute Gasteiger partial charge is 0.480 e. The molecule has 20 heavy (non-hydrogen) atoms. The Kier molecular flexibility index (Phi) is 6.88. The SMILES string of the molecule is CCOP(=O)(NC(Cc1ccccc1)C(=O)O)OCC. The lowest BCUT2D eigenvalue weighted by Crippen LogP contribution is -2.37. The first-order chi connectivity index (χ1) is 9.50. The molecule has 6 nitrogen and oxygen atoms in total. The van der Waals surface area contributed by atoms with Crippen LogP contribution in [-0.4, -0.2) is 30.3 Å². The summed E-state index contributed by atoms with van der Waals surface area (Å²) in [6, 6.07) is 8.06. The maximum Gasteiger partial charge on any atom is 0.406 e. The zero-order valence-electron chi connectivity index (χ0n) is 11.6. The van der Waals surface area contributed by atoms with Crippen molar-refractivity contribution in [3.05, 3.63) is 35.9 Å². The van der Waals surface area contributed by atoms with Gasteiger partial charge in [0.2, 0.25) is 0 Å². The molecule has 0 aliphatic carbocycles. The van der Waals surface area contributed by atoms with Gasteiger partial charge in [0.05, 0.1) is 13.2 Å². The number of hydrogen-bond acceptors (Lipinski definition) is 4. The minimum Gasteiger partial charge on any atom is -0.480 e. The quantitative estimate of drug-likeness (QED) is 0.682. The van der Waals surface area contributed by atoms with E-state index in [0.29, 0.717) is 0 Å². The van der Waals surface area contributed by atoms with Crippen molar-refractivity contribution in [2.75, 3.05) is 13.2 Å². The van der Waals surface area contributed by atoms with E-state index in [1.807, 2.05) is 30.3 Å². The van der Waals surface area contributed by atoms with Crippen molar-refractivity contribution in [3.63, 3.8) is 0 Å². The van der Waals surface area contributed by atoms with Crippen LogP contribution in [0.3, 0.4) is 0 Å². The highest BCUT2D eigenvalue weighted by Gasteiger charge is 2.31. The van der Waals surface area contributed by atoms with E-state index in [1.54, 1.807) is 13.8 Å². The first-order valence-corrected chi connectivity index (χ1v) is 7.98. The summed E-state index contributed by atoms with van der Waals surface area (Å²) in [4.78, 5) is 11.3. The van der Waals surface area contributed by atoms with Gasteiger partial charge in [-0.15, -0.1) is 0 Å². The summed E-state index contributed by atoms with van der Waals surface area (Å²) in [6.07, 6.45) is 0.195. The maximum absolute atomic E-state index is 12.3. The van der Waals surface area contributed by atoms with Crippen LogP contribution >= 0.6 is 7.75 Å². The number of carboxylic acid groups (broad SMARTS) is 1. The van der Waals surface area contributed by atoms with Gasteiger partial charge in [-0.3, -0.25) is 13.8 Å². The van der Waals surface area contributed by atoms with Gasteiger partial charge in [0.25, 0.3) is 0 Å². The fourth-order valence-electron chi connectivity index (χ4n) is 1.68. The molecule has 1 aromatic carbocycles. The van der Waals surface area contributed by atoms with Crippen molar-refractivity contribution in [1.82, 2.24) is 5.09 Å². The third kappa shape index (κ3) is 5.43. The Morgan fingerprint density at radius 1 is 1.25 bits per heavy atom. The van der Waals surface area contributed by atoms with Crippen LogP contribution in [0, 0.1) is 0 Å². The summed E-state index contributed by atoms with van der Waals surface area (Å²) >= 11 is 0. The summed E-state index contributed by atoms with van der Waals surface area (Å²) < 4.78 is 22.4. The Bertz CT molecular complexity index is 455. The van der Waals surface area contributed by atoms with Crippen molar-refractivity contribution >= 4 is 13.7 Å². The van der Waals surface area contributed by atoms with Gasteiger partial charge in [0.15, 0.2) is 0 Å². The van der Waals surface area contributed by atoms with Crippen LogP contribution in [-0.2, 0) is 24.8 Å². The van der Waals surface area contributed by atoms with Gasteiger partial charge in [-0.2, -0.15) is 0 Å². The normalized spacial score (nSPS) is 13.1. The third-order valence-corrected chi connectivity index (χ3v) is 4.32. The van der Waals surface area contributed by atoms with Crippen LogP contribution in [0.2, 0.25) is 0 Å². The van der Waals surface area contributed by atoms with E-state index in [9.17, 15) is 14.5 Å². The van der Waals surface area contributed by atoms with Crippen molar-refractivity contribution in [3.8, 4) is 0 Å². The number of hydrogen-bond donors (Lipinski definition) is 2. The number of carbonyl (C=O) groups is 1. The van der Waals surface area contributed by atoms with Crippen LogP contribution < -0.4 is 5.09 Å².